The minimum Gasteiger partial charge on any atom is -0.467 e. The van der Waals surface area contributed by atoms with Crippen molar-refractivity contribution in [1.29, 1.82) is 0 Å². The lowest BCUT2D eigenvalue weighted by molar-refractivity contribution is -0.144. The van der Waals surface area contributed by atoms with Crippen molar-refractivity contribution < 1.29 is 19.1 Å². The van der Waals surface area contributed by atoms with Crippen LogP contribution in [0.4, 0.5) is 0 Å². The van der Waals surface area contributed by atoms with Gasteiger partial charge in [-0.2, -0.15) is 0 Å². The molecule has 0 radical (unpaired) electrons. The van der Waals surface area contributed by atoms with Crippen molar-refractivity contribution in [1.82, 2.24) is 10.2 Å². The Morgan fingerprint density at radius 1 is 1.36 bits per heavy atom. The van der Waals surface area contributed by atoms with Gasteiger partial charge in [-0.15, -0.1) is 0 Å². The van der Waals surface area contributed by atoms with Gasteiger partial charge in [-0.1, -0.05) is 30.4 Å². The fourth-order valence-corrected chi connectivity index (χ4v) is 3.86. The van der Waals surface area contributed by atoms with Gasteiger partial charge < -0.3 is 19.7 Å². The monoisotopic (exact) mass is 362 g/mol. The Morgan fingerprint density at radius 2 is 2.12 bits per heavy atom. The molecule has 0 spiro atoms. The summed E-state index contributed by atoms with van der Waals surface area (Å²) in [6.45, 7) is 1.52. The fraction of sp³-hybridized carbons (Fsp3) is 0.500. The molecule has 3 rings (SSSR count). The Hall–Kier alpha value is -1.99. The van der Waals surface area contributed by atoms with Gasteiger partial charge in [-0.25, -0.2) is 4.79 Å². The number of likely N-dealkylation sites (tertiary alicyclic amines) is 1. The van der Waals surface area contributed by atoms with Crippen LogP contribution in [0.2, 0.25) is 0 Å². The van der Waals surface area contributed by atoms with Crippen molar-refractivity contribution in [2.45, 2.75) is 30.8 Å². The molecule has 25 heavy (non-hydrogen) atoms. The topological polar surface area (TPSA) is 67.9 Å². The van der Waals surface area contributed by atoms with Gasteiger partial charge in [0.15, 0.2) is 0 Å². The summed E-state index contributed by atoms with van der Waals surface area (Å²) in [5.74, 6) is -0.481. The van der Waals surface area contributed by atoms with E-state index in [1.165, 1.54) is 7.11 Å². The molecular weight excluding hydrogens is 340 g/mol. The minimum atomic E-state index is -0.765. The van der Waals surface area contributed by atoms with Crippen LogP contribution in [0.3, 0.4) is 0 Å². The summed E-state index contributed by atoms with van der Waals surface area (Å²) in [5.41, 5.74) is -0.193. The molecule has 0 aliphatic carbocycles. The van der Waals surface area contributed by atoms with E-state index in [9.17, 15) is 9.59 Å². The molecule has 0 bridgehead atoms. The molecule has 2 aliphatic heterocycles. The average molecular weight is 362 g/mol. The number of esters is 1. The Kier molecular flexibility index (Phi) is 5.34. The molecule has 1 N–H and O–H groups in total. The summed E-state index contributed by atoms with van der Waals surface area (Å²) < 4.78 is 10.5. The van der Waals surface area contributed by atoms with E-state index < -0.39 is 5.54 Å². The molecule has 7 heteroatoms. The molecule has 2 aliphatic rings. The van der Waals surface area contributed by atoms with Crippen molar-refractivity contribution in [2.75, 3.05) is 26.9 Å². The molecule has 1 amide bonds. The number of amides is 1. The molecular formula is C18H22N2O4S. The number of carbonyl (C=O) groups excluding carboxylic acids is 2. The third-order valence-corrected chi connectivity index (χ3v) is 5.43. The van der Waals surface area contributed by atoms with Crippen LogP contribution in [0.15, 0.2) is 30.3 Å². The van der Waals surface area contributed by atoms with Crippen LogP contribution in [-0.4, -0.2) is 60.2 Å². The highest BCUT2D eigenvalue weighted by Gasteiger charge is 2.46. The molecule has 2 heterocycles. The average Bonchev–Trinajstić information content (AvgIpc) is 3.31. The predicted octanol–water partition coefficient (Wildman–Crippen LogP) is 1.54. The minimum absolute atomic E-state index is 0.192. The second-order valence-corrected chi connectivity index (χ2v) is 6.77. The number of rotatable bonds is 4. The Bertz CT molecular complexity index is 658. The normalized spacial score (nSPS) is 25.6. The van der Waals surface area contributed by atoms with Gasteiger partial charge in [-0.05, 0) is 25.0 Å². The van der Waals surface area contributed by atoms with E-state index in [4.69, 9.17) is 21.7 Å². The van der Waals surface area contributed by atoms with Gasteiger partial charge >= 0.3 is 5.97 Å². The summed E-state index contributed by atoms with van der Waals surface area (Å²) in [7, 11) is 1.38. The second kappa shape index (κ2) is 7.49. The zero-order valence-electron chi connectivity index (χ0n) is 14.2. The molecule has 0 aromatic heterocycles. The van der Waals surface area contributed by atoms with E-state index in [-0.39, 0.29) is 17.9 Å². The lowest BCUT2D eigenvalue weighted by Crippen LogP contribution is -2.61. The van der Waals surface area contributed by atoms with Gasteiger partial charge in [0.05, 0.1) is 13.7 Å². The van der Waals surface area contributed by atoms with Crippen molar-refractivity contribution in [3.63, 3.8) is 0 Å². The lowest BCUT2D eigenvalue weighted by Gasteiger charge is -2.37. The lowest BCUT2D eigenvalue weighted by atomic mass is 9.96. The van der Waals surface area contributed by atoms with E-state index in [0.717, 1.165) is 6.42 Å². The van der Waals surface area contributed by atoms with E-state index >= 15 is 0 Å². The summed E-state index contributed by atoms with van der Waals surface area (Å²) in [4.78, 5) is 27.2. The maximum atomic E-state index is 12.7. The van der Waals surface area contributed by atoms with Crippen LogP contribution in [0.1, 0.15) is 29.6 Å². The second-order valence-electron chi connectivity index (χ2n) is 6.38. The molecule has 0 saturated carbocycles. The molecule has 0 unspecified atom stereocenters. The number of hydrogen-bond donors (Lipinski definition) is 1. The number of methoxy groups -OCH3 is 1. The highest BCUT2D eigenvalue weighted by Crippen LogP contribution is 2.29. The smallest absolute Gasteiger partial charge is 0.328 e. The first-order chi connectivity index (χ1) is 12.1. The maximum absolute atomic E-state index is 12.7. The van der Waals surface area contributed by atoms with E-state index in [1.807, 2.05) is 23.1 Å². The van der Waals surface area contributed by atoms with Gasteiger partial charge in [0.25, 0.3) is 5.91 Å². The van der Waals surface area contributed by atoms with E-state index in [0.29, 0.717) is 43.2 Å². The summed E-state index contributed by atoms with van der Waals surface area (Å²) in [6, 6.07) is 8.63. The first kappa shape index (κ1) is 17.8. The number of nitrogens with one attached hydrogen (secondary N) is 1. The number of thiocarbonyl (C=S) groups is 1. The van der Waals surface area contributed by atoms with Crippen LogP contribution in [-0.2, 0) is 14.3 Å². The summed E-state index contributed by atoms with van der Waals surface area (Å²) in [5, 5.41) is 3.06. The molecule has 6 nitrogen and oxygen atoms in total. The van der Waals surface area contributed by atoms with E-state index in [2.05, 4.69) is 5.32 Å². The van der Waals surface area contributed by atoms with E-state index in [1.54, 1.807) is 12.1 Å². The molecule has 1 aromatic rings. The number of carbonyl (C=O) groups is 2. The molecule has 134 valence electrons. The van der Waals surface area contributed by atoms with Crippen molar-refractivity contribution in [2.24, 2.45) is 0 Å². The van der Waals surface area contributed by atoms with Crippen LogP contribution < -0.4 is 5.32 Å². The predicted molar refractivity (Wildman–Crippen MR) is 96.4 cm³/mol. The van der Waals surface area contributed by atoms with Crippen molar-refractivity contribution >= 4 is 29.1 Å². The first-order valence-electron chi connectivity index (χ1n) is 8.41. The number of nitrogens with zero attached hydrogens (tertiary/aromatic N) is 1. The van der Waals surface area contributed by atoms with Gasteiger partial charge in [0.2, 0.25) is 0 Å². The number of hydrogen-bond acceptors (Lipinski definition) is 5. The van der Waals surface area contributed by atoms with Crippen molar-refractivity contribution in [3.8, 4) is 0 Å². The zero-order chi connectivity index (χ0) is 17.9. The van der Waals surface area contributed by atoms with Crippen LogP contribution in [0.25, 0.3) is 0 Å². The van der Waals surface area contributed by atoms with Gasteiger partial charge in [0, 0.05) is 25.1 Å². The highest BCUT2D eigenvalue weighted by atomic mass is 32.1. The van der Waals surface area contributed by atoms with Gasteiger partial charge in [-0.3, -0.25) is 4.79 Å². The molecule has 2 fully saturated rings. The number of benzene rings is 1. The van der Waals surface area contributed by atoms with Crippen LogP contribution >= 0.6 is 12.2 Å². The maximum Gasteiger partial charge on any atom is 0.328 e. The Morgan fingerprint density at radius 3 is 2.76 bits per heavy atom. The van der Waals surface area contributed by atoms with Crippen LogP contribution in [0.5, 0.6) is 0 Å². The largest absolute Gasteiger partial charge is 0.467 e. The highest BCUT2D eigenvalue weighted by molar-refractivity contribution is 7.80. The third-order valence-electron chi connectivity index (χ3n) is 4.81. The summed E-state index contributed by atoms with van der Waals surface area (Å²) >= 11 is 5.72. The molecule has 1 aromatic carbocycles. The molecule has 2 atom stereocenters. The SMILES string of the molecule is COC(=O)[C@@H]1CCCN1C(=S)[C@]1(NC(=O)c2ccccc2)CCOC1. The first-order valence-corrected chi connectivity index (χ1v) is 8.82. The quantitative estimate of drug-likeness (QED) is 0.647. The standard InChI is InChI=1S/C18H22N2O4S/c1-23-16(22)14-8-5-10-20(14)17(25)18(9-11-24-12-18)19-15(21)13-6-3-2-4-7-13/h2-4,6-7,14H,5,8-12H2,1H3,(H,19,21)/t14-,18-/m0/s1. The van der Waals surface area contributed by atoms with Crippen molar-refractivity contribution in [3.05, 3.63) is 35.9 Å². The fourth-order valence-electron chi connectivity index (χ4n) is 3.43. The zero-order valence-corrected chi connectivity index (χ0v) is 15.0. The summed E-state index contributed by atoms with van der Waals surface area (Å²) in [6.07, 6.45) is 2.16. The Labute approximate surface area is 152 Å². The number of ether oxygens (including phenoxy) is 2. The Balaban J connectivity index is 1.81. The van der Waals surface area contributed by atoms with Crippen LogP contribution in [0, 0.1) is 0 Å². The third kappa shape index (κ3) is 3.52. The molecule has 2 saturated heterocycles. The van der Waals surface area contributed by atoms with Gasteiger partial charge in [0.1, 0.15) is 16.6 Å².